The molecule has 0 unspecified atom stereocenters. The van der Waals surface area contributed by atoms with Crippen LogP contribution in [0.4, 0.5) is 4.39 Å². The lowest BCUT2D eigenvalue weighted by atomic mass is 10.1. The second-order valence-electron chi connectivity index (χ2n) is 7.07. The third-order valence-corrected chi connectivity index (χ3v) is 5.01. The molecule has 8 nitrogen and oxygen atoms in total. The van der Waals surface area contributed by atoms with Crippen LogP contribution in [0, 0.1) is 5.82 Å². The molecule has 1 aromatic heterocycles. The van der Waals surface area contributed by atoms with Crippen LogP contribution >= 0.6 is 0 Å². The zero-order chi connectivity index (χ0) is 24.1. The van der Waals surface area contributed by atoms with Crippen molar-refractivity contribution in [2.45, 2.75) is 0 Å². The Morgan fingerprint density at radius 2 is 1.65 bits per heavy atom. The van der Waals surface area contributed by atoms with Crippen LogP contribution in [0.2, 0.25) is 0 Å². The molecule has 1 heterocycles. The third-order valence-electron chi connectivity index (χ3n) is 5.01. The van der Waals surface area contributed by atoms with Gasteiger partial charge < -0.3 is 23.5 Å². The Hall–Kier alpha value is -4.40. The Kier molecular flexibility index (Phi) is 6.72. The number of methoxy groups -OCH3 is 3. The molecule has 4 aromatic rings. The lowest BCUT2D eigenvalue weighted by molar-refractivity contribution is 0.0919. The molecular weight excluding hydrogens is 443 g/mol. The van der Waals surface area contributed by atoms with Crippen molar-refractivity contribution in [3.05, 3.63) is 72.0 Å². The molecule has 0 fully saturated rings. The van der Waals surface area contributed by atoms with Gasteiger partial charge in [-0.15, -0.1) is 0 Å². The first-order valence-electron chi connectivity index (χ1n) is 10.2. The van der Waals surface area contributed by atoms with Crippen molar-refractivity contribution in [3.63, 3.8) is 0 Å². The van der Waals surface area contributed by atoms with E-state index in [2.05, 4.69) is 10.1 Å². The van der Waals surface area contributed by atoms with Crippen molar-refractivity contribution in [1.29, 1.82) is 0 Å². The maximum Gasteiger partial charge on any atom is 0.262 e. The van der Waals surface area contributed by atoms with Crippen LogP contribution in [-0.4, -0.2) is 43.9 Å². The van der Waals surface area contributed by atoms with E-state index in [0.29, 0.717) is 45.5 Å². The van der Waals surface area contributed by atoms with E-state index < -0.39 is 5.82 Å². The Morgan fingerprint density at radius 3 is 2.35 bits per heavy atom. The minimum absolute atomic E-state index is 0.231. The fourth-order valence-electron chi connectivity index (χ4n) is 3.21. The summed E-state index contributed by atoms with van der Waals surface area (Å²) >= 11 is 0. The highest BCUT2D eigenvalue weighted by Crippen LogP contribution is 2.35. The molecule has 0 spiro atoms. The summed E-state index contributed by atoms with van der Waals surface area (Å²) in [5, 5.41) is 4.05. The molecule has 0 amide bonds. The van der Waals surface area contributed by atoms with Crippen molar-refractivity contribution in [1.82, 2.24) is 10.1 Å². The number of hydrogen-bond acceptors (Lipinski definition) is 8. The van der Waals surface area contributed by atoms with Crippen LogP contribution in [-0.2, 0) is 0 Å². The second-order valence-corrected chi connectivity index (χ2v) is 7.07. The highest BCUT2D eigenvalue weighted by molar-refractivity contribution is 5.97. The van der Waals surface area contributed by atoms with Crippen LogP contribution in [0.3, 0.4) is 0 Å². The number of aromatic nitrogens is 2. The highest BCUT2D eigenvalue weighted by atomic mass is 19.1. The van der Waals surface area contributed by atoms with Gasteiger partial charge in [0.25, 0.3) is 5.89 Å². The summed E-state index contributed by atoms with van der Waals surface area (Å²) in [5.41, 5.74) is 1.59. The molecule has 0 aliphatic rings. The number of halogens is 1. The van der Waals surface area contributed by atoms with Crippen molar-refractivity contribution < 1.29 is 32.7 Å². The second kappa shape index (κ2) is 10.0. The number of benzene rings is 3. The van der Waals surface area contributed by atoms with Crippen molar-refractivity contribution in [2.24, 2.45) is 0 Å². The van der Waals surface area contributed by atoms with E-state index in [1.807, 2.05) is 0 Å². The number of hydrogen-bond donors (Lipinski definition) is 0. The van der Waals surface area contributed by atoms with Crippen LogP contribution in [0.15, 0.2) is 65.2 Å². The molecule has 0 saturated carbocycles. The van der Waals surface area contributed by atoms with Gasteiger partial charge in [0.15, 0.2) is 23.9 Å². The van der Waals surface area contributed by atoms with Crippen molar-refractivity contribution >= 4 is 5.78 Å². The smallest absolute Gasteiger partial charge is 0.262 e. The Bertz CT molecular complexity index is 1300. The molecular formula is C25H21FN2O6. The molecule has 0 bridgehead atoms. The minimum Gasteiger partial charge on any atom is -0.497 e. The molecule has 34 heavy (non-hydrogen) atoms. The molecule has 0 atom stereocenters. The van der Waals surface area contributed by atoms with Gasteiger partial charge in [0, 0.05) is 17.2 Å². The maximum absolute atomic E-state index is 13.1. The molecule has 0 N–H and O–H groups in total. The van der Waals surface area contributed by atoms with Crippen LogP contribution < -0.4 is 18.9 Å². The van der Waals surface area contributed by atoms with Gasteiger partial charge in [-0.25, -0.2) is 4.39 Å². The van der Waals surface area contributed by atoms with Crippen molar-refractivity contribution in [2.75, 3.05) is 27.9 Å². The highest BCUT2D eigenvalue weighted by Gasteiger charge is 2.17. The van der Waals surface area contributed by atoms with Crippen LogP contribution in [0.25, 0.3) is 22.8 Å². The molecule has 0 radical (unpaired) electrons. The van der Waals surface area contributed by atoms with Gasteiger partial charge in [0.05, 0.1) is 26.9 Å². The summed E-state index contributed by atoms with van der Waals surface area (Å²) in [5.74, 6) is 1.83. The number of carbonyl (C=O) groups excluding carboxylic acids is 1. The zero-order valence-corrected chi connectivity index (χ0v) is 18.7. The lowest BCUT2D eigenvalue weighted by Crippen LogP contribution is -2.12. The first kappa shape index (κ1) is 22.8. The van der Waals surface area contributed by atoms with E-state index in [9.17, 15) is 9.18 Å². The minimum atomic E-state index is -0.412. The SMILES string of the molecule is COc1ccc(-c2nc(-c3ccc(OCC(=O)c4ccc(F)cc4)c(OC)c3)no2)c(OC)c1. The topological polar surface area (TPSA) is 92.9 Å². The van der Waals surface area contributed by atoms with Gasteiger partial charge in [-0.2, -0.15) is 4.98 Å². The average Bonchev–Trinajstić information content (AvgIpc) is 3.37. The van der Waals surface area contributed by atoms with E-state index >= 15 is 0 Å². The van der Waals surface area contributed by atoms with Crippen LogP contribution in [0.5, 0.6) is 23.0 Å². The summed E-state index contributed by atoms with van der Waals surface area (Å²) in [6, 6.07) is 15.6. The van der Waals surface area contributed by atoms with E-state index in [0.717, 1.165) is 0 Å². The fraction of sp³-hybridized carbons (Fsp3) is 0.160. The summed E-state index contributed by atoms with van der Waals surface area (Å²) < 4.78 is 40.2. The van der Waals surface area contributed by atoms with Crippen molar-refractivity contribution in [3.8, 4) is 45.8 Å². The molecule has 0 aliphatic carbocycles. The van der Waals surface area contributed by atoms with E-state index in [1.165, 1.54) is 31.4 Å². The molecule has 3 aromatic carbocycles. The number of rotatable bonds is 9. The molecule has 0 saturated heterocycles. The third kappa shape index (κ3) is 4.83. The Morgan fingerprint density at radius 1 is 0.882 bits per heavy atom. The summed E-state index contributed by atoms with van der Waals surface area (Å²) in [7, 11) is 4.59. The number of ketones is 1. The predicted octanol–water partition coefficient (Wildman–Crippen LogP) is 4.83. The number of Topliss-reactive ketones (excluding diaryl/α,β-unsaturated/α-hetero) is 1. The van der Waals surface area contributed by atoms with Gasteiger partial charge in [0.1, 0.15) is 17.3 Å². The first-order valence-corrected chi connectivity index (χ1v) is 10.2. The standard InChI is InChI=1S/C25H21FN2O6/c1-30-18-9-10-19(22(13-18)31-2)25-27-24(28-34-25)16-6-11-21(23(12-16)32-3)33-14-20(29)15-4-7-17(26)8-5-15/h4-13H,14H2,1-3H3. The molecule has 4 rings (SSSR count). The average molecular weight is 464 g/mol. The predicted molar refractivity (Wildman–Crippen MR) is 121 cm³/mol. The molecule has 0 aliphatic heterocycles. The summed E-state index contributed by atoms with van der Waals surface area (Å²) in [6.45, 7) is -0.231. The number of ether oxygens (including phenoxy) is 4. The normalized spacial score (nSPS) is 10.6. The zero-order valence-electron chi connectivity index (χ0n) is 18.7. The summed E-state index contributed by atoms with van der Waals surface area (Å²) in [6.07, 6.45) is 0. The van der Waals surface area contributed by atoms with E-state index in [1.54, 1.807) is 50.6 Å². The van der Waals surface area contributed by atoms with E-state index in [-0.39, 0.29) is 18.3 Å². The van der Waals surface area contributed by atoms with Gasteiger partial charge in [-0.3, -0.25) is 4.79 Å². The lowest BCUT2D eigenvalue weighted by Gasteiger charge is -2.11. The van der Waals surface area contributed by atoms with Gasteiger partial charge in [-0.1, -0.05) is 5.16 Å². The number of nitrogens with zero attached hydrogens (tertiary/aromatic N) is 2. The largest absolute Gasteiger partial charge is 0.497 e. The van der Waals surface area contributed by atoms with Crippen LogP contribution in [0.1, 0.15) is 10.4 Å². The Balaban J connectivity index is 1.52. The van der Waals surface area contributed by atoms with Gasteiger partial charge in [-0.05, 0) is 54.6 Å². The quantitative estimate of drug-likeness (QED) is 0.325. The molecule has 174 valence electrons. The monoisotopic (exact) mass is 464 g/mol. The van der Waals surface area contributed by atoms with Gasteiger partial charge >= 0.3 is 0 Å². The van der Waals surface area contributed by atoms with E-state index in [4.69, 9.17) is 23.5 Å². The maximum atomic E-state index is 13.1. The fourth-order valence-corrected chi connectivity index (χ4v) is 3.21. The number of carbonyl (C=O) groups is 1. The first-order chi connectivity index (χ1) is 16.5. The van der Waals surface area contributed by atoms with Gasteiger partial charge in [0.2, 0.25) is 5.82 Å². The molecule has 9 heteroatoms. The summed E-state index contributed by atoms with van der Waals surface area (Å²) in [4.78, 5) is 16.8. The Labute approximate surface area is 194 Å².